The summed E-state index contributed by atoms with van der Waals surface area (Å²) in [4.78, 5) is 10.8. The number of halogens is 1. The maximum Gasteiger partial charge on any atom is 0.364 e. The van der Waals surface area contributed by atoms with Crippen molar-refractivity contribution in [2.45, 2.75) is 45.4 Å². The van der Waals surface area contributed by atoms with E-state index < -0.39 is 11.8 Å². The van der Waals surface area contributed by atoms with E-state index in [4.69, 9.17) is 5.11 Å². The molecule has 0 amide bonds. The van der Waals surface area contributed by atoms with Gasteiger partial charge in [0.2, 0.25) is 5.83 Å². The summed E-state index contributed by atoms with van der Waals surface area (Å²) >= 11 is 0. The van der Waals surface area contributed by atoms with Crippen molar-refractivity contribution < 1.29 is 14.3 Å². The molecule has 4 rings (SSSR count). The Hall–Kier alpha value is -0.860. The van der Waals surface area contributed by atoms with Gasteiger partial charge in [-0.15, -0.1) is 0 Å². The fourth-order valence-electron chi connectivity index (χ4n) is 5.27. The summed E-state index contributed by atoms with van der Waals surface area (Å²) in [5.41, 5.74) is -0.171. The van der Waals surface area contributed by atoms with Crippen LogP contribution in [0.2, 0.25) is 0 Å². The maximum absolute atomic E-state index is 13.6. The first kappa shape index (κ1) is 12.2. The third-order valence-electron chi connectivity index (χ3n) is 5.87. The Morgan fingerprint density at radius 2 is 1.72 bits per heavy atom. The van der Waals surface area contributed by atoms with Crippen molar-refractivity contribution in [2.75, 3.05) is 0 Å². The Kier molecular flexibility index (Phi) is 2.76. The normalized spacial score (nSPS) is 46.4. The molecule has 0 aromatic heterocycles. The van der Waals surface area contributed by atoms with E-state index in [9.17, 15) is 9.18 Å². The summed E-state index contributed by atoms with van der Waals surface area (Å²) in [6.07, 6.45) is 8.45. The highest BCUT2D eigenvalue weighted by molar-refractivity contribution is 5.84. The van der Waals surface area contributed by atoms with Crippen molar-refractivity contribution >= 4 is 5.97 Å². The molecule has 4 saturated carbocycles. The topological polar surface area (TPSA) is 37.3 Å². The fourth-order valence-corrected chi connectivity index (χ4v) is 5.27. The van der Waals surface area contributed by atoms with Crippen LogP contribution in [-0.4, -0.2) is 11.1 Å². The van der Waals surface area contributed by atoms with Gasteiger partial charge in [-0.1, -0.05) is 6.92 Å². The summed E-state index contributed by atoms with van der Waals surface area (Å²) in [7, 11) is 0. The van der Waals surface area contributed by atoms with Gasteiger partial charge in [0.15, 0.2) is 0 Å². The number of carboxylic acids is 1. The molecular formula is C15H21FO2. The monoisotopic (exact) mass is 252 g/mol. The number of aliphatic carboxylic acids is 1. The van der Waals surface area contributed by atoms with Crippen LogP contribution in [0.3, 0.4) is 0 Å². The van der Waals surface area contributed by atoms with Gasteiger partial charge in [0.1, 0.15) is 0 Å². The molecular weight excluding hydrogens is 231 g/mol. The molecule has 0 unspecified atom stereocenters. The highest BCUT2D eigenvalue weighted by Crippen LogP contribution is 2.64. The van der Waals surface area contributed by atoms with Crippen molar-refractivity contribution in [2.24, 2.45) is 29.1 Å². The molecule has 3 heteroatoms. The highest BCUT2D eigenvalue weighted by Gasteiger charge is 2.55. The predicted octanol–water partition coefficient (Wildman–Crippen LogP) is 3.78. The van der Waals surface area contributed by atoms with Crippen LogP contribution in [0.15, 0.2) is 11.9 Å². The van der Waals surface area contributed by atoms with E-state index in [2.05, 4.69) is 6.92 Å². The quantitative estimate of drug-likeness (QED) is 0.776. The summed E-state index contributed by atoms with van der Waals surface area (Å²) in [5.74, 6) is 0.343. The molecule has 4 bridgehead atoms. The zero-order valence-electron chi connectivity index (χ0n) is 10.9. The van der Waals surface area contributed by atoms with E-state index in [1.807, 2.05) is 0 Å². The van der Waals surface area contributed by atoms with E-state index in [0.29, 0.717) is 11.8 Å². The Labute approximate surface area is 107 Å². The van der Waals surface area contributed by atoms with Crippen LogP contribution in [0, 0.1) is 29.1 Å². The minimum Gasteiger partial charge on any atom is -0.476 e. The molecule has 0 aliphatic heterocycles. The van der Waals surface area contributed by atoms with Crippen molar-refractivity contribution in [3.8, 4) is 0 Å². The van der Waals surface area contributed by atoms with Crippen LogP contribution < -0.4 is 0 Å². The Bertz CT molecular complexity index is 371. The van der Waals surface area contributed by atoms with Gasteiger partial charge in [0.25, 0.3) is 0 Å². The van der Waals surface area contributed by atoms with Crippen LogP contribution in [0.5, 0.6) is 0 Å². The molecule has 4 aliphatic carbocycles. The molecule has 4 aliphatic rings. The van der Waals surface area contributed by atoms with Crippen molar-refractivity contribution in [3.05, 3.63) is 11.9 Å². The number of rotatable bonds is 3. The third kappa shape index (κ3) is 1.63. The Balaban J connectivity index is 1.96. The number of carbonyl (C=O) groups is 1. The smallest absolute Gasteiger partial charge is 0.364 e. The van der Waals surface area contributed by atoms with Gasteiger partial charge in [-0.2, -0.15) is 4.39 Å². The summed E-state index contributed by atoms with van der Waals surface area (Å²) in [6, 6.07) is 0. The van der Waals surface area contributed by atoms with Gasteiger partial charge >= 0.3 is 5.97 Å². The first-order chi connectivity index (χ1) is 8.55. The van der Waals surface area contributed by atoms with Crippen molar-refractivity contribution in [3.63, 3.8) is 0 Å². The molecule has 0 aromatic rings. The van der Waals surface area contributed by atoms with Crippen LogP contribution in [0.4, 0.5) is 4.39 Å². The second kappa shape index (κ2) is 4.07. The lowest BCUT2D eigenvalue weighted by atomic mass is 9.44. The van der Waals surface area contributed by atoms with Gasteiger partial charge in [0.05, 0.1) is 0 Å². The molecule has 1 N–H and O–H groups in total. The van der Waals surface area contributed by atoms with Crippen molar-refractivity contribution in [1.29, 1.82) is 0 Å². The maximum atomic E-state index is 13.6. The summed E-state index contributed by atoms with van der Waals surface area (Å²) in [6.45, 7) is 2.09. The first-order valence-corrected chi connectivity index (χ1v) is 7.16. The average molecular weight is 252 g/mol. The molecule has 2 nitrogen and oxygen atoms in total. The average Bonchev–Trinajstić information content (AvgIpc) is 2.32. The Morgan fingerprint density at radius 1 is 1.22 bits per heavy atom. The zero-order chi connectivity index (χ0) is 12.9. The minimum absolute atomic E-state index is 0.171. The molecule has 0 heterocycles. The van der Waals surface area contributed by atoms with Gasteiger partial charge in [-0.05, 0) is 73.7 Å². The minimum atomic E-state index is -1.41. The van der Waals surface area contributed by atoms with Gasteiger partial charge in [0, 0.05) is 0 Å². The van der Waals surface area contributed by atoms with E-state index in [-0.39, 0.29) is 5.41 Å². The number of hydrogen-bond donors (Lipinski definition) is 1. The summed E-state index contributed by atoms with van der Waals surface area (Å²) in [5, 5.41) is 8.80. The SMILES string of the molecule is CCC1(C=C(F)C(=O)O)C2CC3CC(C2)CC1C3. The predicted molar refractivity (Wildman–Crippen MR) is 66.6 cm³/mol. The molecule has 0 saturated heterocycles. The Morgan fingerprint density at radius 3 is 2.11 bits per heavy atom. The van der Waals surface area contributed by atoms with E-state index >= 15 is 0 Å². The third-order valence-corrected chi connectivity index (χ3v) is 5.87. The second-order valence-corrected chi connectivity index (χ2v) is 6.57. The van der Waals surface area contributed by atoms with Crippen LogP contribution in [-0.2, 0) is 4.79 Å². The summed E-state index contributed by atoms with van der Waals surface area (Å²) < 4.78 is 13.6. The first-order valence-electron chi connectivity index (χ1n) is 7.16. The molecule has 18 heavy (non-hydrogen) atoms. The highest BCUT2D eigenvalue weighted by atomic mass is 19.1. The lowest BCUT2D eigenvalue weighted by Gasteiger charge is -2.60. The molecule has 0 spiro atoms. The van der Waals surface area contributed by atoms with Crippen LogP contribution in [0.25, 0.3) is 0 Å². The number of carboxylic acid groups (broad SMARTS) is 1. The molecule has 0 radical (unpaired) electrons. The van der Waals surface area contributed by atoms with E-state index in [1.54, 1.807) is 0 Å². The molecule has 0 aromatic carbocycles. The fraction of sp³-hybridized carbons (Fsp3) is 0.800. The molecule has 100 valence electrons. The lowest BCUT2D eigenvalue weighted by Crippen LogP contribution is -2.51. The van der Waals surface area contributed by atoms with Crippen molar-refractivity contribution in [1.82, 2.24) is 0 Å². The van der Waals surface area contributed by atoms with Gasteiger partial charge < -0.3 is 5.11 Å². The zero-order valence-corrected chi connectivity index (χ0v) is 10.9. The van der Waals surface area contributed by atoms with E-state index in [0.717, 1.165) is 18.3 Å². The number of allylic oxidation sites excluding steroid dienone is 1. The van der Waals surface area contributed by atoms with Gasteiger partial charge in [-0.25, -0.2) is 4.79 Å². The van der Waals surface area contributed by atoms with Gasteiger partial charge in [-0.3, -0.25) is 0 Å². The largest absolute Gasteiger partial charge is 0.476 e. The van der Waals surface area contributed by atoms with Crippen LogP contribution in [0.1, 0.15) is 45.4 Å². The lowest BCUT2D eigenvalue weighted by molar-refractivity contribution is -0.134. The van der Waals surface area contributed by atoms with E-state index in [1.165, 1.54) is 38.2 Å². The van der Waals surface area contributed by atoms with Crippen LogP contribution >= 0.6 is 0 Å². The standard InChI is InChI=1S/C15H21FO2/c1-2-15(8-13(16)14(17)18)11-4-9-3-10(6-11)7-12(15)5-9/h8-12H,2-7H2,1H3,(H,17,18). The molecule has 0 atom stereocenters. The molecule has 4 fully saturated rings. The second-order valence-electron chi connectivity index (χ2n) is 6.57. The number of hydrogen-bond acceptors (Lipinski definition) is 1.